The van der Waals surface area contributed by atoms with Gasteiger partial charge in [-0.15, -0.1) is 0 Å². The molecular weight excluding hydrogens is 587 g/mol. The van der Waals surface area contributed by atoms with Gasteiger partial charge in [0.15, 0.2) is 5.69 Å². The highest BCUT2D eigenvalue weighted by molar-refractivity contribution is 6.22. The molecular formula is C44H25N3O. The Balaban J connectivity index is 1.28. The Labute approximate surface area is 275 Å². The third-order valence-electron chi connectivity index (χ3n) is 9.69. The van der Waals surface area contributed by atoms with Crippen molar-refractivity contribution in [1.82, 2.24) is 9.55 Å². The second-order valence-corrected chi connectivity index (χ2v) is 12.2. The van der Waals surface area contributed by atoms with Crippen molar-refractivity contribution in [3.63, 3.8) is 0 Å². The average Bonchev–Trinajstić information content (AvgIpc) is 3.68. The molecule has 3 heterocycles. The monoisotopic (exact) mass is 611 g/mol. The molecule has 4 heteroatoms. The largest absolute Gasteiger partial charge is 0.456 e. The van der Waals surface area contributed by atoms with Crippen molar-refractivity contribution < 1.29 is 4.42 Å². The van der Waals surface area contributed by atoms with Gasteiger partial charge in [-0.3, -0.25) is 4.98 Å². The Bertz CT molecular complexity index is 2900. The van der Waals surface area contributed by atoms with E-state index < -0.39 is 0 Å². The van der Waals surface area contributed by atoms with E-state index in [1.165, 1.54) is 32.7 Å². The van der Waals surface area contributed by atoms with Gasteiger partial charge in [0.05, 0.1) is 17.6 Å². The van der Waals surface area contributed by atoms with Gasteiger partial charge >= 0.3 is 0 Å². The zero-order valence-corrected chi connectivity index (χ0v) is 25.7. The third kappa shape index (κ3) is 3.79. The van der Waals surface area contributed by atoms with Crippen molar-refractivity contribution in [2.24, 2.45) is 0 Å². The number of hydrogen-bond acceptors (Lipinski definition) is 2. The van der Waals surface area contributed by atoms with E-state index in [1.54, 1.807) is 0 Å². The summed E-state index contributed by atoms with van der Waals surface area (Å²) in [6.45, 7) is 7.80. The second-order valence-electron chi connectivity index (χ2n) is 12.2. The van der Waals surface area contributed by atoms with E-state index >= 15 is 0 Å². The van der Waals surface area contributed by atoms with Crippen molar-refractivity contribution in [2.75, 3.05) is 0 Å². The summed E-state index contributed by atoms with van der Waals surface area (Å²) in [5.74, 6) is 0. The Kier molecular flexibility index (Phi) is 5.61. The predicted molar refractivity (Wildman–Crippen MR) is 198 cm³/mol. The van der Waals surface area contributed by atoms with E-state index in [2.05, 4.69) is 130 Å². The molecule has 7 aromatic carbocycles. The summed E-state index contributed by atoms with van der Waals surface area (Å²) in [4.78, 5) is 8.09. The molecule has 0 spiro atoms. The molecule has 0 fully saturated rings. The fourth-order valence-electron chi connectivity index (χ4n) is 7.64. The Morgan fingerprint density at radius 3 is 1.75 bits per heavy atom. The molecule has 0 N–H and O–H groups in total. The number of benzene rings is 7. The minimum Gasteiger partial charge on any atom is -0.456 e. The third-order valence-corrected chi connectivity index (χ3v) is 9.69. The zero-order valence-electron chi connectivity index (χ0n) is 25.7. The van der Waals surface area contributed by atoms with E-state index in [0.717, 1.165) is 60.6 Å². The standard InChI is InChI=1S/C44H25N3O/c1-45-29-15-18-40-37(25-29)36-24-28(14-17-39(36)47(40)30-16-19-42-38(26-30)31-8-6-7-13-41(31)48-42)44-34-11-4-2-9-32(34)43(27-20-22-46-23-21-27)33-10-3-5-12-35(33)44/h2-26H. The molecule has 0 aliphatic heterocycles. The SMILES string of the molecule is [C-]#[N+]c1ccc2c(c1)c1cc(-c3c4ccccc4c(-c4ccncc4)c4ccccc34)ccc1n2-c1ccc2oc3ccccc3c2c1. The molecule has 3 aromatic heterocycles. The maximum absolute atomic E-state index is 7.80. The van der Waals surface area contributed by atoms with E-state index in [0.29, 0.717) is 5.69 Å². The van der Waals surface area contributed by atoms with Crippen molar-refractivity contribution >= 4 is 71.0 Å². The summed E-state index contributed by atoms with van der Waals surface area (Å²) in [5.41, 5.74) is 10.3. The number of furan rings is 1. The summed E-state index contributed by atoms with van der Waals surface area (Å²) in [6, 6.07) is 49.0. The van der Waals surface area contributed by atoms with Crippen molar-refractivity contribution in [2.45, 2.75) is 0 Å². The van der Waals surface area contributed by atoms with Crippen LogP contribution in [0.2, 0.25) is 0 Å². The lowest BCUT2D eigenvalue weighted by Crippen LogP contribution is -1.94. The van der Waals surface area contributed by atoms with Gasteiger partial charge in [0.2, 0.25) is 0 Å². The number of hydrogen-bond donors (Lipinski definition) is 0. The highest BCUT2D eigenvalue weighted by atomic mass is 16.3. The molecule has 0 unspecified atom stereocenters. The first-order valence-electron chi connectivity index (χ1n) is 16.0. The molecule has 0 aliphatic carbocycles. The van der Waals surface area contributed by atoms with Crippen LogP contribution in [0.4, 0.5) is 5.69 Å². The van der Waals surface area contributed by atoms with Gasteiger partial charge < -0.3 is 8.98 Å². The number of rotatable bonds is 3. The number of aromatic nitrogens is 2. The fourth-order valence-corrected chi connectivity index (χ4v) is 7.64. The Morgan fingerprint density at radius 1 is 0.479 bits per heavy atom. The molecule has 0 atom stereocenters. The minimum absolute atomic E-state index is 0.626. The Hall–Kier alpha value is -6.70. The van der Waals surface area contributed by atoms with Gasteiger partial charge in [-0.05, 0) is 110 Å². The van der Waals surface area contributed by atoms with Crippen LogP contribution in [0.15, 0.2) is 156 Å². The van der Waals surface area contributed by atoms with E-state index in [9.17, 15) is 0 Å². The summed E-state index contributed by atoms with van der Waals surface area (Å²) in [7, 11) is 0. The minimum atomic E-state index is 0.626. The first kappa shape index (κ1) is 26.5. The first-order valence-corrected chi connectivity index (χ1v) is 16.0. The molecule has 0 aliphatic rings. The summed E-state index contributed by atoms with van der Waals surface area (Å²) in [5, 5.41) is 9.15. The number of pyridine rings is 1. The molecule has 0 amide bonds. The summed E-state index contributed by atoms with van der Waals surface area (Å²) < 4.78 is 8.47. The predicted octanol–water partition coefficient (Wildman–Crippen LogP) is 12.3. The smallest absolute Gasteiger partial charge is 0.188 e. The molecule has 0 radical (unpaired) electrons. The van der Waals surface area contributed by atoms with Crippen molar-refractivity contribution in [3.8, 4) is 27.9 Å². The lowest BCUT2D eigenvalue weighted by Gasteiger charge is -2.17. The molecule has 0 saturated heterocycles. The second kappa shape index (κ2) is 10.2. The van der Waals surface area contributed by atoms with Crippen LogP contribution in [0.1, 0.15) is 0 Å². The molecule has 222 valence electrons. The topological polar surface area (TPSA) is 35.3 Å². The van der Waals surface area contributed by atoms with E-state index in [-0.39, 0.29) is 0 Å². The molecule has 0 bridgehead atoms. The molecule has 10 rings (SSSR count). The Morgan fingerprint density at radius 2 is 1.06 bits per heavy atom. The van der Waals surface area contributed by atoms with Gasteiger partial charge in [-0.2, -0.15) is 0 Å². The number of para-hydroxylation sites is 1. The first-order chi connectivity index (χ1) is 23.8. The number of fused-ring (bicyclic) bond motifs is 8. The fraction of sp³-hybridized carbons (Fsp3) is 0. The average molecular weight is 612 g/mol. The summed E-state index contributed by atoms with van der Waals surface area (Å²) >= 11 is 0. The van der Waals surface area contributed by atoms with E-state index in [4.69, 9.17) is 11.0 Å². The van der Waals surface area contributed by atoms with Crippen LogP contribution in [0.25, 0.3) is 98.1 Å². The van der Waals surface area contributed by atoms with Crippen LogP contribution >= 0.6 is 0 Å². The van der Waals surface area contributed by atoms with Crippen molar-refractivity contribution in [3.05, 3.63) is 163 Å². The van der Waals surface area contributed by atoms with Gasteiger partial charge in [-0.1, -0.05) is 78.9 Å². The van der Waals surface area contributed by atoms with Gasteiger partial charge in [0.1, 0.15) is 11.2 Å². The normalized spacial score (nSPS) is 11.7. The maximum Gasteiger partial charge on any atom is 0.188 e. The number of nitrogens with zero attached hydrogens (tertiary/aromatic N) is 3. The van der Waals surface area contributed by atoms with Gasteiger partial charge in [-0.25, -0.2) is 4.85 Å². The molecule has 0 saturated carbocycles. The van der Waals surface area contributed by atoms with Crippen LogP contribution in [0, 0.1) is 6.57 Å². The molecule has 10 aromatic rings. The summed E-state index contributed by atoms with van der Waals surface area (Å²) in [6.07, 6.45) is 3.72. The lowest BCUT2D eigenvalue weighted by atomic mass is 9.86. The van der Waals surface area contributed by atoms with E-state index in [1.807, 2.05) is 36.7 Å². The van der Waals surface area contributed by atoms with Crippen LogP contribution in [-0.2, 0) is 0 Å². The highest BCUT2D eigenvalue weighted by Gasteiger charge is 2.19. The molecule has 4 nitrogen and oxygen atoms in total. The highest BCUT2D eigenvalue weighted by Crippen LogP contribution is 2.45. The maximum atomic E-state index is 7.80. The van der Waals surface area contributed by atoms with Gasteiger partial charge in [0, 0.05) is 34.2 Å². The van der Waals surface area contributed by atoms with Crippen LogP contribution in [-0.4, -0.2) is 9.55 Å². The quantitative estimate of drug-likeness (QED) is 0.147. The lowest BCUT2D eigenvalue weighted by molar-refractivity contribution is 0.669. The van der Waals surface area contributed by atoms with Crippen LogP contribution in [0.5, 0.6) is 0 Å². The van der Waals surface area contributed by atoms with Crippen LogP contribution < -0.4 is 0 Å². The van der Waals surface area contributed by atoms with Gasteiger partial charge in [0.25, 0.3) is 0 Å². The molecule has 48 heavy (non-hydrogen) atoms. The van der Waals surface area contributed by atoms with Crippen molar-refractivity contribution in [1.29, 1.82) is 0 Å². The van der Waals surface area contributed by atoms with Crippen LogP contribution in [0.3, 0.4) is 0 Å². The zero-order chi connectivity index (χ0) is 31.8.